The van der Waals surface area contributed by atoms with E-state index in [1.54, 1.807) is 12.3 Å². The molecule has 0 saturated carbocycles. The Morgan fingerprint density at radius 2 is 2.24 bits per heavy atom. The number of anilines is 1. The molecule has 5 nitrogen and oxygen atoms in total. The van der Waals surface area contributed by atoms with Crippen LogP contribution in [0.25, 0.3) is 0 Å². The zero-order chi connectivity index (χ0) is 12.3. The van der Waals surface area contributed by atoms with Crippen molar-refractivity contribution < 1.29 is 4.79 Å². The summed E-state index contributed by atoms with van der Waals surface area (Å²) in [6, 6.07) is 1.82. The zero-order valence-electron chi connectivity index (χ0n) is 9.76. The number of nitrogens with zero attached hydrogens (tertiary/aromatic N) is 2. The molecule has 2 atom stereocenters. The van der Waals surface area contributed by atoms with Crippen LogP contribution in [0.2, 0.25) is 0 Å². The van der Waals surface area contributed by atoms with E-state index in [0.717, 1.165) is 12.2 Å². The van der Waals surface area contributed by atoms with Crippen LogP contribution in [-0.2, 0) is 4.79 Å². The summed E-state index contributed by atoms with van der Waals surface area (Å²) in [7, 11) is 0. The molecule has 17 heavy (non-hydrogen) atoms. The number of carbonyl (C=O) groups is 1. The van der Waals surface area contributed by atoms with E-state index in [1.807, 2.05) is 13.0 Å². The van der Waals surface area contributed by atoms with Crippen molar-refractivity contribution in [3.8, 4) is 0 Å². The van der Waals surface area contributed by atoms with E-state index in [0.29, 0.717) is 12.2 Å². The fraction of sp³-hybridized carbons (Fsp3) is 0.417. The summed E-state index contributed by atoms with van der Waals surface area (Å²) < 4.78 is 0. The molecule has 1 heterocycles. The van der Waals surface area contributed by atoms with Gasteiger partial charge in [-0.2, -0.15) is 0 Å². The molecule has 0 spiro atoms. The van der Waals surface area contributed by atoms with Crippen LogP contribution in [0.1, 0.15) is 18.7 Å². The molecule has 0 aromatic carbocycles. The first-order chi connectivity index (χ1) is 8.16. The highest BCUT2D eigenvalue weighted by Crippen LogP contribution is 2.21. The topological polar surface area (TPSA) is 80.9 Å². The summed E-state index contributed by atoms with van der Waals surface area (Å²) >= 11 is 0. The Kier molecular flexibility index (Phi) is 3.37. The monoisotopic (exact) mass is 232 g/mol. The number of allylic oxidation sites excluding steroid dienone is 1. The Balaban J connectivity index is 2.11. The van der Waals surface area contributed by atoms with Gasteiger partial charge in [-0.05, 0) is 25.8 Å². The number of primary amides is 1. The number of aromatic nitrogens is 2. The lowest BCUT2D eigenvalue weighted by Gasteiger charge is -2.27. The van der Waals surface area contributed by atoms with Gasteiger partial charge in [0.15, 0.2) is 0 Å². The van der Waals surface area contributed by atoms with Crippen molar-refractivity contribution in [3.63, 3.8) is 0 Å². The summed E-state index contributed by atoms with van der Waals surface area (Å²) in [5, 5.41) is 3.25. The molecular formula is C12H16N4O. The van der Waals surface area contributed by atoms with Gasteiger partial charge in [-0.15, -0.1) is 0 Å². The Morgan fingerprint density at radius 1 is 1.47 bits per heavy atom. The molecule has 5 heteroatoms. The molecule has 90 valence electrons. The van der Waals surface area contributed by atoms with Crippen LogP contribution in [0, 0.1) is 12.8 Å². The first-order valence-corrected chi connectivity index (χ1v) is 5.67. The molecule has 0 saturated heterocycles. The lowest BCUT2D eigenvalue weighted by molar-refractivity contribution is -0.122. The van der Waals surface area contributed by atoms with Crippen LogP contribution >= 0.6 is 0 Å². The third-order valence-electron chi connectivity index (χ3n) is 2.91. The van der Waals surface area contributed by atoms with E-state index >= 15 is 0 Å². The van der Waals surface area contributed by atoms with E-state index < -0.39 is 0 Å². The van der Waals surface area contributed by atoms with Gasteiger partial charge in [-0.3, -0.25) is 4.79 Å². The summed E-state index contributed by atoms with van der Waals surface area (Å²) in [4.78, 5) is 19.6. The molecule has 0 bridgehead atoms. The number of hydrogen-bond donors (Lipinski definition) is 2. The van der Waals surface area contributed by atoms with Gasteiger partial charge in [0.05, 0.1) is 5.92 Å². The van der Waals surface area contributed by atoms with Crippen molar-refractivity contribution in [3.05, 3.63) is 30.2 Å². The Hall–Kier alpha value is -1.91. The highest BCUT2D eigenvalue weighted by Gasteiger charge is 2.27. The maximum absolute atomic E-state index is 11.3. The molecule has 0 aliphatic heterocycles. The van der Waals surface area contributed by atoms with E-state index in [9.17, 15) is 4.79 Å². The van der Waals surface area contributed by atoms with E-state index in [-0.39, 0.29) is 17.9 Å². The number of carbonyl (C=O) groups excluding carboxylic acids is 1. The minimum Gasteiger partial charge on any atom is -0.369 e. The molecule has 0 unspecified atom stereocenters. The molecule has 1 amide bonds. The Morgan fingerprint density at radius 3 is 2.94 bits per heavy atom. The smallest absolute Gasteiger partial charge is 0.222 e. The number of aryl methyl sites for hydroxylation is 1. The molecule has 1 aliphatic carbocycles. The van der Waals surface area contributed by atoms with Gasteiger partial charge in [-0.25, -0.2) is 9.97 Å². The minimum atomic E-state index is -0.266. The molecular weight excluding hydrogens is 216 g/mol. The van der Waals surface area contributed by atoms with Crippen molar-refractivity contribution >= 4 is 11.7 Å². The van der Waals surface area contributed by atoms with Gasteiger partial charge < -0.3 is 11.1 Å². The summed E-state index contributed by atoms with van der Waals surface area (Å²) in [5.74, 6) is 1.01. The Labute approximate surface area is 100 Å². The second-order valence-corrected chi connectivity index (χ2v) is 4.19. The van der Waals surface area contributed by atoms with Crippen molar-refractivity contribution in [1.82, 2.24) is 9.97 Å². The molecule has 0 fully saturated rings. The lowest BCUT2D eigenvalue weighted by atomic mass is 9.88. The minimum absolute atomic E-state index is 0.0202. The number of amides is 1. The summed E-state index contributed by atoms with van der Waals surface area (Å²) in [6.07, 6.45) is 7.24. The predicted octanol–water partition coefficient (Wildman–Crippen LogP) is 1.02. The number of rotatable bonds is 3. The Bertz CT molecular complexity index is 444. The van der Waals surface area contributed by atoms with Crippen molar-refractivity contribution in [2.45, 2.75) is 25.8 Å². The average Bonchev–Trinajstić information content (AvgIpc) is 2.29. The van der Waals surface area contributed by atoms with Gasteiger partial charge >= 0.3 is 0 Å². The van der Waals surface area contributed by atoms with Crippen molar-refractivity contribution in [1.29, 1.82) is 0 Å². The first kappa shape index (κ1) is 11.6. The first-order valence-electron chi connectivity index (χ1n) is 5.67. The highest BCUT2D eigenvalue weighted by molar-refractivity contribution is 5.78. The fourth-order valence-corrected chi connectivity index (χ4v) is 2.01. The van der Waals surface area contributed by atoms with Crippen molar-refractivity contribution in [2.75, 3.05) is 5.32 Å². The maximum atomic E-state index is 11.3. The fourth-order valence-electron chi connectivity index (χ4n) is 2.01. The number of hydrogen-bond acceptors (Lipinski definition) is 4. The highest BCUT2D eigenvalue weighted by atomic mass is 16.1. The van der Waals surface area contributed by atoms with Crippen LogP contribution in [0.3, 0.4) is 0 Å². The van der Waals surface area contributed by atoms with E-state index in [2.05, 4.69) is 21.4 Å². The standard InChI is InChI=1S/C12H16N4O/c1-8-14-7-6-11(15-8)16-10-5-3-2-4-9(10)12(13)17/h2-3,6-7,9-10H,4-5H2,1H3,(H2,13,17)(H,14,15,16)/t9-,10-/m1/s1. The van der Waals surface area contributed by atoms with Crippen LogP contribution in [0.15, 0.2) is 24.4 Å². The third kappa shape index (κ3) is 2.81. The molecule has 2 rings (SSSR count). The normalized spacial score (nSPS) is 23.4. The molecule has 3 N–H and O–H groups in total. The quantitative estimate of drug-likeness (QED) is 0.762. The second-order valence-electron chi connectivity index (χ2n) is 4.19. The summed E-state index contributed by atoms with van der Waals surface area (Å²) in [6.45, 7) is 1.83. The van der Waals surface area contributed by atoms with Gasteiger partial charge in [-0.1, -0.05) is 12.2 Å². The third-order valence-corrected chi connectivity index (χ3v) is 2.91. The van der Waals surface area contributed by atoms with Crippen LogP contribution < -0.4 is 11.1 Å². The average molecular weight is 232 g/mol. The maximum Gasteiger partial charge on any atom is 0.222 e. The predicted molar refractivity (Wildman–Crippen MR) is 65.2 cm³/mol. The largest absolute Gasteiger partial charge is 0.369 e. The van der Waals surface area contributed by atoms with Gasteiger partial charge in [0, 0.05) is 12.2 Å². The van der Waals surface area contributed by atoms with Gasteiger partial charge in [0.25, 0.3) is 0 Å². The van der Waals surface area contributed by atoms with Gasteiger partial charge in [0.2, 0.25) is 5.91 Å². The number of nitrogens with two attached hydrogens (primary N) is 1. The summed E-state index contributed by atoms with van der Waals surface area (Å²) in [5.41, 5.74) is 5.40. The lowest BCUT2D eigenvalue weighted by Crippen LogP contribution is -2.39. The molecule has 0 radical (unpaired) electrons. The zero-order valence-corrected chi connectivity index (χ0v) is 9.76. The van der Waals surface area contributed by atoms with Crippen molar-refractivity contribution in [2.24, 2.45) is 11.7 Å². The molecule has 1 aromatic heterocycles. The van der Waals surface area contributed by atoms with Crippen LogP contribution in [0.4, 0.5) is 5.82 Å². The van der Waals surface area contributed by atoms with Gasteiger partial charge in [0.1, 0.15) is 11.6 Å². The van der Waals surface area contributed by atoms with Crippen LogP contribution in [0.5, 0.6) is 0 Å². The molecule has 1 aromatic rings. The van der Waals surface area contributed by atoms with E-state index in [1.165, 1.54) is 0 Å². The SMILES string of the molecule is Cc1nccc(N[C@@H]2CC=CC[C@H]2C(N)=O)n1. The number of nitrogens with one attached hydrogen (secondary N) is 1. The van der Waals surface area contributed by atoms with Crippen LogP contribution in [-0.4, -0.2) is 21.9 Å². The second kappa shape index (κ2) is 4.95. The molecule has 1 aliphatic rings. The van der Waals surface area contributed by atoms with E-state index in [4.69, 9.17) is 5.73 Å².